The average Bonchev–Trinajstić information content (AvgIpc) is 2.44. The Hall–Kier alpha value is -1.88. The highest BCUT2D eigenvalue weighted by Crippen LogP contribution is 2.08. The Bertz CT molecular complexity index is 493. The van der Waals surface area contributed by atoms with Gasteiger partial charge in [-0.05, 0) is 32.3 Å². The van der Waals surface area contributed by atoms with Crippen molar-refractivity contribution in [1.29, 1.82) is 0 Å². The van der Waals surface area contributed by atoms with Crippen LogP contribution in [0.4, 0.5) is 4.79 Å². The monoisotopic (exact) mass is 321 g/mol. The van der Waals surface area contributed by atoms with Gasteiger partial charge in [0.25, 0.3) is 0 Å². The van der Waals surface area contributed by atoms with E-state index in [0.717, 1.165) is 5.56 Å². The first-order valence-corrected chi connectivity index (χ1v) is 7.86. The molecule has 0 radical (unpaired) electrons. The van der Waals surface area contributed by atoms with Gasteiger partial charge in [-0.25, -0.2) is 4.79 Å². The van der Waals surface area contributed by atoms with Crippen LogP contribution < -0.4 is 5.32 Å². The van der Waals surface area contributed by atoms with Crippen LogP contribution in [0.3, 0.4) is 0 Å². The fraction of sp³-hybridized carbons (Fsp3) is 0.556. The molecule has 0 aliphatic carbocycles. The van der Waals surface area contributed by atoms with Gasteiger partial charge in [-0.15, -0.1) is 0 Å². The third-order valence-electron chi connectivity index (χ3n) is 2.92. The van der Waals surface area contributed by atoms with E-state index in [0.29, 0.717) is 19.6 Å². The fourth-order valence-electron chi connectivity index (χ4n) is 1.96. The Balaban J connectivity index is 2.17. The summed E-state index contributed by atoms with van der Waals surface area (Å²) in [5.41, 5.74) is 0.545. The van der Waals surface area contributed by atoms with Crippen molar-refractivity contribution in [2.24, 2.45) is 5.92 Å². The van der Waals surface area contributed by atoms with Crippen LogP contribution in [0, 0.1) is 5.92 Å². The molecule has 5 nitrogen and oxygen atoms in total. The average molecular weight is 321 g/mol. The molecule has 0 saturated carbocycles. The van der Waals surface area contributed by atoms with Crippen molar-refractivity contribution in [1.82, 2.24) is 5.32 Å². The maximum Gasteiger partial charge on any atom is 0.408 e. The number of amides is 1. The quantitative estimate of drug-likeness (QED) is 0.797. The Labute approximate surface area is 138 Å². The third kappa shape index (κ3) is 9.68. The molecule has 1 amide bonds. The Morgan fingerprint density at radius 3 is 2.43 bits per heavy atom. The highest BCUT2D eigenvalue weighted by atomic mass is 16.6. The predicted molar refractivity (Wildman–Crippen MR) is 89.1 cm³/mol. The molecule has 0 aliphatic rings. The van der Waals surface area contributed by atoms with Crippen molar-refractivity contribution in [3.05, 3.63) is 35.9 Å². The summed E-state index contributed by atoms with van der Waals surface area (Å²) in [6.45, 7) is 8.32. The molecule has 128 valence electrons. The SMILES string of the molecule is CC(COCc1ccccc1)CC(=O)CNC(=O)OC(C)(C)C. The topological polar surface area (TPSA) is 64.6 Å². The number of carbonyl (C=O) groups is 2. The van der Waals surface area contributed by atoms with Crippen LogP contribution in [0.1, 0.15) is 39.7 Å². The van der Waals surface area contributed by atoms with Gasteiger partial charge >= 0.3 is 6.09 Å². The Morgan fingerprint density at radius 1 is 1.17 bits per heavy atom. The lowest BCUT2D eigenvalue weighted by Gasteiger charge is -2.19. The van der Waals surface area contributed by atoms with Crippen LogP contribution in [-0.2, 0) is 20.9 Å². The van der Waals surface area contributed by atoms with Gasteiger partial charge in [0.1, 0.15) is 5.60 Å². The molecule has 0 spiro atoms. The van der Waals surface area contributed by atoms with Crippen molar-refractivity contribution < 1.29 is 19.1 Å². The highest BCUT2D eigenvalue weighted by molar-refractivity contribution is 5.84. The first-order valence-electron chi connectivity index (χ1n) is 7.86. The summed E-state index contributed by atoms with van der Waals surface area (Å²) >= 11 is 0. The molecular formula is C18H27NO4. The molecule has 23 heavy (non-hydrogen) atoms. The van der Waals surface area contributed by atoms with Crippen molar-refractivity contribution >= 4 is 11.9 Å². The molecule has 0 aromatic heterocycles. The molecule has 1 N–H and O–H groups in total. The smallest absolute Gasteiger partial charge is 0.408 e. The van der Waals surface area contributed by atoms with Crippen molar-refractivity contribution in [3.8, 4) is 0 Å². The predicted octanol–water partition coefficient (Wildman–Crippen LogP) is 3.32. The molecular weight excluding hydrogens is 294 g/mol. The molecule has 5 heteroatoms. The van der Waals surface area contributed by atoms with Crippen LogP contribution in [0.15, 0.2) is 30.3 Å². The summed E-state index contributed by atoms with van der Waals surface area (Å²) in [7, 11) is 0. The number of rotatable bonds is 8. The maximum atomic E-state index is 11.8. The van der Waals surface area contributed by atoms with Crippen LogP contribution >= 0.6 is 0 Å². The number of ether oxygens (including phenoxy) is 2. The van der Waals surface area contributed by atoms with Crippen LogP contribution in [0.2, 0.25) is 0 Å². The van der Waals surface area contributed by atoms with E-state index in [9.17, 15) is 9.59 Å². The Morgan fingerprint density at radius 2 is 1.83 bits per heavy atom. The van der Waals surface area contributed by atoms with Gasteiger partial charge in [0, 0.05) is 13.0 Å². The molecule has 1 atom stereocenters. The van der Waals surface area contributed by atoms with Crippen LogP contribution in [0.25, 0.3) is 0 Å². The minimum atomic E-state index is -0.571. The summed E-state index contributed by atoms with van der Waals surface area (Å²) in [5, 5.41) is 2.47. The van der Waals surface area contributed by atoms with E-state index < -0.39 is 11.7 Å². The van der Waals surface area contributed by atoms with Gasteiger partial charge in [0.2, 0.25) is 0 Å². The van der Waals surface area contributed by atoms with Crippen molar-refractivity contribution in [2.45, 2.75) is 46.3 Å². The lowest BCUT2D eigenvalue weighted by Crippen LogP contribution is -2.35. The van der Waals surface area contributed by atoms with Crippen LogP contribution in [-0.4, -0.2) is 30.6 Å². The van der Waals surface area contributed by atoms with E-state index in [1.54, 1.807) is 20.8 Å². The highest BCUT2D eigenvalue weighted by Gasteiger charge is 2.17. The summed E-state index contributed by atoms with van der Waals surface area (Å²) in [6.07, 6.45) is -0.205. The number of carbonyl (C=O) groups excluding carboxylic acids is 2. The van der Waals surface area contributed by atoms with E-state index in [-0.39, 0.29) is 18.2 Å². The van der Waals surface area contributed by atoms with E-state index in [2.05, 4.69) is 5.32 Å². The van der Waals surface area contributed by atoms with Gasteiger partial charge in [-0.1, -0.05) is 37.3 Å². The lowest BCUT2D eigenvalue weighted by molar-refractivity contribution is -0.119. The molecule has 1 rings (SSSR count). The number of Topliss-reactive ketones (excluding diaryl/α,β-unsaturated/α-hetero) is 1. The molecule has 0 bridgehead atoms. The van der Waals surface area contributed by atoms with E-state index in [4.69, 9.17) is 9.47 Å². The molecule has 1 aromatic carbocycles. The number of ketones is 1. The number of alkyl carbamates (subject to hydrolysis) is 1. The van der Waals surface area contributed by atoms with Crippen LogP contribution in [0.5, 0.6) is 0 Å². The number of benzene rings is 1. The number of nitrogens with one attached hydrogen (secondary N) is 1. The van der Waals surface area contributed by atoms with E-state index >= 15 is 0 Å². The minimum absolute atomic E-state index is 0.0159. The normalized spacial score (nSPS) is 12.5. The first-order chi connectivity index (χ1) is 10.8. The molecule has 0 aliphatic heterocycles. The maximum absolute atomic E-state index is 11.8. The second-order valence-corrected chi connectivity index (χ2v) is 6.70. The van der Waals surface area contributed by atoms with Gasteiger partial charge in [0.05, 0.1) is 13.2 Å². The third-order valence-corrected chi connectivity index (χ3v) is 2.92. The zero-order valence-electron chi connectivity index (χ0n) is 14.4. The van der Waals surface area contributed by atoms with E-state index in [1.165, 1.54) is 0 Å². The van der Waals surface area contributed by atoms with Crippen molar-refractivity contribution in [3.63, 3.8) is 0 Å². The summed E-state index contributed by atoms with van der Waals surface area (Å²) in [6, 6.07) is 9.89. The Kier molecular flexibility index (Phi) is 7.75. The molecule has 1 aromatic rings. The lowest BCUT2D eigenvalue weighted by atomic mass is 10.1. The number of hydrogen-bond acceptors (Lipinski definition) is 4. The largest absolute Gasteiger partial charge is 0.444 e. The summed E-state index contributed by atoms with van der Waals surface area (Å²) in [4.78, 5) is 23.3. The number of hydrogen-bond donors (Lipinski definition) is 1. The fourth-order valence-corrected chi connectivity index (χ4v) is 1.96. The second-order valence-electron chi connectivity index (χ2n) is 6.70. The summed E-state index contributed by atoms with van der Waals surface area (Å²) < 4.78 is 10.7. The molecule has 0 saturated heterocycles. The molecule has 0 heterocycles. The zero-order valence-corrected chi connectivity index (χ0v) is 14.4. The molecule has 1 unspecified atom stereocenters. The van der Waals surface area contributed by atoms with Gasteiger partial charge in [-0.2, -0.15) is 0 Å². The van der Waals surface area contributed by atoms with Gasteiger partial charge in [0.15, 0.2) is 5.78 Å². The van der Waals surface area contributed by atoms with Gasteiger partial charge < -0.3 is 14.8 Å². The standard InChI is InChI=1S/C18H27NO4/c1-14(12-22-13-15-8-6-5-7-9-15)10-16(20)11-19-17(21)23-18(2,3)4/h5-9,14H,10-13H2,1-4H3,(H,19,21). The van der Waals surface area contributed by atoms with Gasteiger partial charge in [-0.3, -0.25) is 4.79 Å². The molecule has 0 fully saturated rings. The van der Waals surface area contributed by atoms with E-state index in [1.807, 2.05) is 37.3 Å². The minimum Gasteiger partial charge on any atom is -0.444 e. The zero-order chi connectivity index (χ0) is 17.3. The summed E-state index contributed by atoms with van der Waals surface area (Å²) in [5.74, 6) is 0.0679. The van der Waals surface area contributed by atoms with Crippen molar-refractivity contribution in [2.75, 3.05) is 13.2 Å². The second kappa shape index (κ2) is 9.30. The first kappa shape index (κ1) is 19.2.